The Hall–Kier alpha value is -2.24. The Kier molecular flexibility index (Phi) is 6.39. The zero-order valence-corrected chi connectivity index (χ0v) is 18.1. The van der Waals surface area contributed by atoms with Gasteiger partial charge in [-0.05, 0) is 76.3 Å². The van der Waals surface area contributed by atoms with E-state index >= 15 is 0 Å². The van der Waals surface area contributed by atoms with Crippen molar-refractivity contribution in [2.24, 2.45) is 11.8 Å². The Morgan fingerprint density at radius 3 is 2.79 bits per heavy atom. The lowest BCUT2D eigenvalue weighted by atomic mass is 9.75. The molecule has 2 saturated carbocycles. The van der Waals surface area contributed by atoms with E-state index in [1.807, 2.05) is 38.1 Å². The van der Waals surface area contributed by atoms with Gasteiger partial charge in [-0.15, -0.1) is 0 Å². The minimum Gasteiger partial charge on any atom is -0.497 e. The molecule has 2 aliphatic rings. The Labute approximate surface area is 174 Å². The molecule has 29 heavy (non-hydrogen) atoms. The number of ether oxygens (including phenoxy) is 1. The zero-order valence-electron chi connectivity index (χ0n) is 18.1. The van der Waals surface area contributed by atoms with E-state index in [1.54, 1.807) is 14.0 Å². The first-order valence-corrected chi connectivity index (χ1v) is 10.7. The maximum atomic E-state index is 12.8. The van der Waals surface area contributed by atoms with Crippen molar-refractivity contribution in [1.82, 2.24) is 10.6 Å². The fraction of sp³-hybridized carbons (Fsp3) is 0.652. The third-order valence-electron chi connectivity index (χ3n) is 6.43. The SMILES string of the molecule is COc1cccc(NC(C)(C)C(=O)NCCC2C[C@@H]3CC[C@@](NC(C)=O)(C2)C3)c1. The predicted octanol–water partition coefficient (Wildman–Crippen LogP) is 3.48. The van der Waals surface area contributed by atoms with E-state index in [1.165, 1.54) is 12.8 Å². The number of fused-ring (bicyclic) bond motifs is 2. The molecule has 0 radical (unpaired) electrons. The summed E-state index contributed by atoms with van der Waals surface area (Å²) in [6, 6.07) is 7.59. The zero-order chi connectivity index (χ0) is 21.1. The first kappa shape index (κ1) is 21.5. The van der Waals surface area contributed by atoms with Crippen molar-refractivity contribution in [3.8, 4) is 5.75 Å². The number of anilines is 1. The number of hydrogen-bond donors (Lipinski definition) is 3. The van der Waals surface area contributed by atoms with E-state index < -0.39 is 5.54 Å². The van der Waals surface area contributed by atoms with Crippen LogP contribution in [0.3, 0.4) is 0 Å². The van der Waals surface area contributed by atoms with E-state index in [4.69, 9.17) is 4.74 Å². The minimum absolute atomic E-state index is 0.00336. The fourth-order valence-corrected chi connectivity index (χ4v) is 5.22. The molecule has 0 aliphatic heterocycles. The van der Waals surface area contributed by atoms with Crippen LogP contribution in [0.15, 0.2) is 24.3 Å². The Bertz CT molecular complexity index is 749. The van der Waals surface area contributed by atoms with Gasteiger partial charge >= 0.3 is 0 Å². The van der Waals surface area contributed by atoms with E-state index in [9.17, 15) is 9.59 Å². The molecule has 2 fully saturated rings. The molecule has 6 heteroatoms. The van der Waals surface area contributed by atoms with Gasteiger partial charge in [0.25, 0.3) is 0 Å². The summed E-state index contributed by atoms with van der Waals surface area (Å²) in [5.41, 5.74) is 0.122. The first-order valence-electron chi connectivity index (χ1n) is 10.7. The Balaban J connectivity index is 1.49. The molecule has 3 rings (SSSR count). The van der Waals surface area contributed by atoms with Crippen LogP contribution in [0, 0.1) is 11.8 Å². The highest BCUT2D eigenvalue weighted by molar-refractivity contribution is 5.88. The smallest absolute Gasteiger partial charge is 0.245 e. The molecular formula is C23H35N3O3. The molecule has 1 aromatic carbocycles. The Morgan fingerprint density at radius 1 is 1.28 bits per heavy atom. The van der Waals surface area contributed by atoms with Gasteiger partial charge in [-0.3, -0.25) is 9.59 Å². The molecular weight excluding hydrogens is 366 g/mol. The van der Waals surface area contributed by atoms with Crippen molar-refractivity contribution in [2.75, 3.05) is 19.0 Å². The van der Waals surface area contributed by atoms with Gasteiger partial charge < -0.3 is 20.7 Å². The van der Waals surface area contributed by atoms with Crippen LogP contribution in [0.4, 0.5) is 5.69 Å². The molecule has 1 unspecified atom stereocenters. The summed E-state index contributed by atoms with van der Waals surface area (Å²) < 4.78 is 5.25. The standard InChI is InChI=1S/C23H35N3O3/c1-16(27)25-23-10-8-17(14-23)12-18(15-23)9-11-24-21(28)22(2,3)26-19-6-5-7-20(13-19)29-4/h5-7,13,17-18,26H,8-12,14-15H2,1-4H3,(H,24,28)(H,25,27)/t17-,18?,23-/m0/s1. The lowest BCUT2D eigenvalue weighted by Gasteiger charge is -2.38. The summed E-state index contributed by atoms with van der Waals surface area (Å²) in [7, 11) is 1.63. The highest BCUT2D eigenvalue weighted by Gasteiger charge is 2.45. The topological polar surface area (TPSA) is 79.5 Å². The average molecular weight is 402 g/mol. The molecule has 0 aromatic heterocycles. The van der Waals surface area contributed by atoms with Crippen LogP contribution in [-0.2, 0) is 9.59 Å². The molecule has 3 atom stereocenters. The van der Waals surface area contributed by atoms with Gasteiger partial charge in [-0.1, -0.05) is 6.07 Å². The third-order valence-corrected chi connectivity index (χ3v) is 6.43. The van der Waals surface area contributed by atoms with Crippen LogP contribution in [0.25, 0.3) is 0 Å². The number of hydrogen-bond acceptors (Lipinski definition) is 4. The number of carbonyl (C=O) groups excluding carboxylic acids is 2. The van der Waals surface area contributed by atoms with Crippen molar-refractivity contribution in [1.29, 1.82) is 0 Å². The number of rotatable bonds is 8. The number of nitrogens with one attached hydrogen (secondary N) is 3. The van der Waals surface area contributed by atoms with Crippen molar-refractivity contribution in [2.45, 2.75) is 70.4 Å². The van der Waals surface area contributed by atoms with Crippen molar-refractivity contribution in [3.63, 3.8) is 0 Å². The lowest BCUT2D eigenvalue weighted by molar-refractivity contribution is -0.124. The molecule has 0 spiro atoms. The van der Waals surface area contributed by atoms with E-state index in [0.29, 0.717) is 18.4 Å². The number of amides is 2. The molecule has 160 valence electrons. The molecule has 0 saturated heterocycles. The van der Waals surface area contributed by atoms with Crippen LogP contribution in [0.1, 0.15) is 59.3 Å². The van der Waals surface area contributed by atoms with Crippen LogP contribution in [0.5, 0.6) is 5.75 Å². The highest BCUT2D eigenvalue weighted by Crippen LogP contribution is 2.48. The molecule has 0 heterocycles. The maximum Gasteiger partial charge on any atom is 0.245 e. The normalized spacial score (nSPS) is 25.9. The van der Waals surface area contributed by atoms with Crippen LogP contribution < -0.4 is 20.7 Å². The van der Waals surface area contributed by atoms with Gasteiger partial charge in [0.2, 0.25) is 11.8 Å². The quantitative estimate of drug-likeness (QED) is 0.623. The van der Waals surface area contributed by atoms with Crippen LogP contribution >= 0.6 is 0 Å². The highest BCUT2D eigenvalue weighted by atomic mass is 16.5. The summed E-state index contributed by atoms with van der Waals surface area (Å²) >= 11 is 0. The minimum atomic E-state index is -0.727. The van der Waals surface area contributed by atoms with Crippen molar-refractivity contribution < 1.29 is 14.3 Å². The fourth-order valence-electron chi connectivity index (χ4n) is 5.22. The van der Waals surface area contributed by atoms with Crippen LogP contribution in [-0.4, -0.2) is 36.5 Å². The van der Waals surface area contributed by atoms with E-state index in [0.717, 1.165) is 37.1 Å². The summed E-state index contributed by atoms with van der Waals surface area (Å²) in [5, 5.41) is 9.63. The summed E-state index contributed by atoms with van der Waals surface area (Å²) in [6.45, 7) is 6.04. The van der Waals surface area contributed by atoms with Crippen molar-refractivity contribution in [3.05, 3.63) is 24.3 Å². The number of benzene rings is 1. The summed E-state index contributed by atoms with van der Waals surface area (Å²) in [6.07, 6.45) is 6.62. The van der Waals surface area contributed by atoms with Gasteiger partial charge in [0, 0.05) is 30.8 Å². The predicted molar refractivity (Wildman–Crippen MR) is 115 cm³/mol. The van der Waals surface area contributed by atoms with Gasteiger partial charge in [-0.25, -0.2) is 0 Å². The monoisotopic (exact) mass is 401 g/mol. The molecule has 3 N–H and O–H groups in total. The average Bonchev–Trinajstić information content (AvgIpc) is 2.94. The van der Waals surface area contributed by atoms with Gasteiger partial charge in [0.05, 0.1) is 7.11 Å². The summed E-state index contributed by atoms with van der Waals surface area (Å²) in [4.78, 5) is 24.4. The Morgan fingerprint density at radius 2 is 2.07 bits per heavy atom. The van der Waals surface area contributed by atoms with E-state index in [-0.39, 0.29) is 17.4 Å². The molecule has 1 aromatic rings. The molecule has 2 amide bonds. The number of methoxy groups -OCH3 is 1. The summed E-state index contributed by atoms with van der Waals surface area (Å²) in [5.74, 6) is 2.08. The largest absolute Gasteiger partial charge is 0.497 e. The molecule has 2 bridgehead atoms. The van der Waals surface area contributed by atoms with Gasteiger partial charge in [0.15, 0.2) is 0 Å². The van der Waals surface area contributed by atoms with E-state index in [2.05, 4.69) is 16.0 Å². The van der Waals surface area contributed by atoms with Gasteiger partial charge in [0.1, 0.15) is 11.3 Å². The third kappa shape index (κ3) is 5.43. The molecule has 6 nitrogen and oxygen atoms in total. The maximum absolute atomic E-state index is 12.8. The van der Waals surface area contributed by atoms with Gasteiger partial charge in [-0.2, -0.15) is 0 Å². The second-order valence-corrected chi connectivity index (χ2v) is 9.40. The second-order valence-electron chi connectivity index (χ2n) is 9.40. The van der Waals surface area contributed by atoms with Crippen molar-refractivity contribution >= 4 is 17.5 Å². The first-order chi connectivity index (χ1) is 13.7. The number of carbonyl (C=O) groups is 2. The lowest BCUT2D eigenvalue weighted by Crippen LogP contribution is -2.50. The second kappa shape index (κ2) is 8.64. The molecule has 2 aliphatic carbocycles. The van der Waals surface area contributed by atoms with Crippen LogP contribution in [0.2, 0.25) is 0 Å².